The molecule has 0 fully saturated rings. The van der Waals surface area contributed by atoms with Gasteiger partial charge in [-0.1, -0.05) is 12.1 Å². The van der Waals surface area contributed by atoms with Crippen molar-refractivity contribution < 1.29 is 13.6 Å². The van der Waals surface area contributed by atoms with Crippen molar-refractivity contribution in [3.8, 4) is 11.1 Å². The Bertz CT molecular complexity index is 1030. The molecule has 0 atom stereocenters. The minimum absolute atomic E-state index is 0.00433. The molecule has 4 N–H and O–H groups in total. The van der Waals surface area contributed by atoms with Crippen LogP contribution in [0.15, 0.2) is 41.5 Å². The number of benzene rings is 2. The van der Waals surface area contributed by atoms with E-state index < -0.39 is 11.6 Å². The highest BCUT2D eigenvalue weighted by atomic mass is 32.2. The second-order valence-electron chi connectivity index (χ2n) is 5.92. The normalized spacial score (nSPS) is 13.2. The van der Waals surface area contributed by atoms with Gasteiger partial charge < -0.3 is 16.0 Å². The smallest absolute Gasteiger partial charge is 0.247 e. The van der Waals surface area contributed by atoms with Crippen molar-refractivity contribution in [3.63, 3.8) is 0 Å². The molecule has 2 heterocycles. The molecule has 1 aromatic heterocycles. The predicted molar refractivity (Wildman–Crippen MR) is 107 cm³/mol. The highest BCUT2D eigenvalue weighted by Crippen LogP contribution is 2.34. The molecular formula is C19H18F2N4OS. The van der Waals surface area contributed by atoms with Crippen LogP contribution in [0.1, 0.15) is 5.56 Å². The van der Waals surface area contributed by atoms with Crippen molar-refractivity contribution >= 4 is 40.1 Å². The number of anilines is 1. The van der Waals surface area contributed by atoms with Gasteiger partial charge in [-0.15, -0.1) is 0 Å². The summed E-state index contributed by atoms with van der Waals surface area (Å²) in [5.74, 6) is -1.38. The van der Waals surface area contributed by atoms with E-state index in [4.69, 9.17) is 5.73 Å². The van der Waals surface area contributed by atoms with Crippen LogP contribution in [0.3, 0.4) is 0 Å². The topological polar surface area (TPSA) is 83.3 Å². The fourth-order valence-corrected chi connectivity index (χ4v) is 2.83. The Morgan fingerprint density at radius 3 is 2.44 bits per heavy atom. The van der Waals surface area contributed by atoms with Crippen molar-refractivity contribution in [1.82, 2.24) is 10.3 Å². The monoisotopic (exact) mass is 388 g/mol. The van der Waals surface area contributed by atoms with Crippen LogP contribution in [0.5, 0.6) is 0 Å². The van der Waals surface area contributed by atoms with Crippen LogP contribution < -0.4 is 11.1 Å². The summed E-state index contributed by atoms with van der Waals surface area (Å²) >= 11 is 1.75. The van der Waals surface area contributed by atoms with Crippen LogP contribution in [-0.2, 0) is 4.79 Å². The van der Waals surface area contributed by atoms with Gasteiger partial charge in [-0.05, 0) is 36.3 Å². The molecule has 5 nitrogen and oxygen atoms in total. The van der Waals surface area contributed by atoms with Gasteiger partial charge >= 0.3 is 0 Å². The SMILES string of the molecule is CSC.Nc1ccc(-c2c(F)cc3[nH]cc(C4=NCC(=O)N4)c3c2F)cc1. The van der Waals surface area contributed by atoms with E-state index in [1.165, 1.54) is 12.3 Å². The molecule has 4 rings (SSSR count). The van der Waals surface area contributed by atoms with Gasteiger partial charge in [0.1, 0.15) is 24.0 Å². The first kappa shape index (κ1) is 18.9. The number of rotatable bonds is 2. The van der Waals surface area contributed by atoms with Crippen molar-refractivity contribution in [3.05, 3.63) is 53.7 Å². The minimum atomic E-state index is -0.713. The molecule has 0 radical (unpaired) electrons. The third-order valence-corrected chi connectivity index (χ3v) is 3.95. The summed E-state index contributed by atoms with van der Waals surface area (Å²) in [7, 11) is 0. The molecule has 0 spiro atoms. The van der Waals surface area contributed by atoms with E-state index in [0.717, 1.165) is 0 Å². The zero-order valence-corrected chi connectivity index (χ0v) is 15.6. The van der Waals surface area contributed by atoms with Gasteiger partial charge in [-0.3, -0.25) is 9.79 Å². The van der Waals surface area contributed by atoms with E-state index in [-0.39, 0.29) is 29.2 Å². The number of fused-ring (bicyclic) bond motifs is 1. The molecule has 27 heavy (non-hydrogen) atoms. The maximum Gasteiger partial charge on any atom is 0.247 e. The highest BCUT2D eigenvalue weighted by molar-refractivity contribution is 7.97. The van der Waals surface area contributed by atoms with E-state index in [1.807, 2.05) is 12.5 Å². The van der Waals surface area contributed by atoms with Gasteiger partial charge in [-0.25, -0.2) is 8.78 Å². The standard InChI is InChI=1S/C17H12F2N4O.C2H6S/c18-11-5-12-15(10(6-21-12)17-22-7-13(24)23-17)16(19)14(11)8-1-3-9(20)4-2-8;1-3-2/h1-6,21H,7,20H2,(H,22,23,24);1-2H3. The van der Waals surface area contributed by atoms with Crippen LogP contribution in [0.25, 0.3) is 22.0 Å². The number of nitrogens with two attached hydrogens (primary N) is 1. The number of amidine groups is 1. The maximum absolute atomic E-state index is 15.1. The zero-order chi connectivity index (χ0) is 19.6. The molecule has 0 aliphatic carbocycles. The molecule has 0 saturated heterocycles. The number of hydrogen-bond donors (Lipinski definition) is 3. The van der Waals surface area contributed by atoms with Gasteiger partial charge in [0, 0.05) is 22.8 Å². The molecule has 0 unspecified atom stereocenters. The minimum Gasteiger partial charge on any atom is -0.399 e. The lowest BCUT2D eigenvalue weighted by Gasteiger charge is -2.08. The fourth-order valence-electron chi connectivity index (χ4n) is 2.83. The molecule has 2 aromatic carbocycles. The summed E-state index contributed by atoms with van der Waals surface area (Å²) in [6.45, 7) is -0.00433. The number of nitrogens with zero attached hydrogens (tertiary/aromatic N) is 1. The van der Waals surface area contributed by atoms with E-state index >= 15 is 4.39 Å². The number of halogens is 2. The van der Waals surface area contributed by atoms with Gasteiger partial charge in [0.05, 0.1) is 11.1 Å². The van der Waals surface area contributed by atoms with E-state index in [9.17, 15) is 9.18 Å². The molecule has 3 aromatic rings. The second kappa shape index (κ2) is 7.79. The lowest BCUT2D eigenvalue weighted by molar-refractivity contribution is -0.117. The van der Waals surface area contributed by atoms with Gasteiger partial charge in [0.15, 0.2) is 0 Å². The van der Waals surface area contributed by atoms with Crippen molar-refractivity contribution in [2.45, 2.75) is 0 Å². The van der Waals surface area contributed by atoms with Crippen molar-refractivity contribution in [1.29, 1.82) is 0 Å². The summed E-state index contributed by atoms with van der Waals surface area (Å²) in [5.41, 5.74) is 7.06. The van der Waals surface area contributed by atoms with Gasteiger partial charge in [0.25, 0.3) is 0 Å². The molecule has 0 saturated carbocycles. The van der Waals surface area contributed by atoms with Crippen molar-refractivity contribution in [2.24, 2.45) is 4.99 Å². The lowest BCUT2D eigenvalue weighted by Crippen LogP contribution is -2.25. The Morgan fingerprint density at radius 1 is 1.19 bits per heavy atom. The predicted octanol–water partition coefficient (Wildman–Crippen LogP) is 3.55. The van der Waals surface area contributed by atoms with E-state index in [1.54, 1.807) is 36.0 Å². The first-order chi connectivity index (χ1) is 13.0. The number of hydrogen-bond acceptors (Lipinski definition) is 4. The molecule has 8 heteroatoms. The van der Waals surface area contributed by atoms with Crippen molar-refractivity contribution in [2.75, 3.05) is 24.8 Å². The van der Waals surface area contributed by atoms with Gasteiger partial charge in [-0.2, -0.15) is 11.8 Å². The van der Waals surface area contributed by atoms with Crippen LogP contribution in [0.2, 0.25) is 0 Å². The zero-order valence-electron chi connectivity index (χ0n) is 14.8. The first-order valence-corrected chi connectivity index (χ1v) is 9.69. The molecule has 1 amide bonds. The molecular weight excluding hydrogens is 370 g/mol. The average molecular weight is 388 g/mol. The number of aliphatic imine (C=N–C) groups is 1. The van der Waals surface area contributed by atoms with Crippen LogP contribution >= 0.6 is 11.8 Å². The second-order valence-corrected chi connectivity index (χ2v) is 6.73. The first-order valence-electron chi connectivity index (χ1n) is 8.06. The number of nitrogens with one attached hydrogen (secondary N) is 2. The Kier molecular flexibility index (Phi) is 5.46. The molecule has 1 aliphatic rings. The summed E-state index contributed by atoms with van der Waals surface area (Å²) < 4.78 is 29.5. The lowest BCUT2D eigenvalue weighted by atomic mass is 10.00. The third-order valence-electron chi connectivity index (χ3n) is 3.95. The number of H-pyrrole nitrogens is 1. The third kappa shape index (κ3) is 3.66. The Morgan fingerprint density at radius 2 is 1.85 bits per heavy atom. The van der Waals surface area contributed by atoms with E-state index in [2.05, 4.69) is 15.3 Å². The molecule has 1 aliphatic heterocycles. The van der Waals surface area contributed by atoms with E-state index in [0.29, 0.717) is 22.3 Å². The largest absolute Gasteiger partial charge is 0.399 e. The molecule has 0 bridgehead atoms. The quantitative estimate of drug-likeness (QED) is 0.587. The van der Waals surface area contributed by atoms with Crippen LogP contribution in [0, 0.1) is 11.6 Å². The number of aromatic nitrogens is 1. The number of aromatic amines is 1. The van der Waals surface area contributed by atoms with Crippen LogP contribution in [0.4, 0.5) is 14.5 Å². The summed E-state index contributed by atoms with van der Waals surface area (Å²) in [5, 5.41) is 2.76. The number of carbonyl (C=O) groups excluding carboxylic acids is 1. The fraction of sp³-hybridized carbons (Fsp3) is 0.158. The molecule has 140 valence electrons. The summed E-state index contributed by atoms with van der Waals surface area (Å²) in [6, 6.07) is 7.51. The Hall–Kier alpha value is -2.87. The number of thioether (sulfide) groups is 1. The number of amides is 1. The summed E-state index contributed by atoms with van der Waals surface area (Å²) in [4.78, 5) is 18.2. The number of carbonyl (C=O) groups is 1. The van der Waals surface area contributed by atoms with Crippen LogP contribution in [-0.4, -0.2) is 35.8 Å². The summed E-state index contributed by atoms with van der Waals surface area (Å²) in [6.07, 6.45) is 5.59. The Labute approximate surface area is 159 Å². The van der Waals surface area contributed by atoms with Gasteiger partial charge in [0.2, 0.25) is 5.91 Å². The Balaban J connectivity index is 0.000000659. The average Bonchev–Trinajstić information content (AvgIpc) is 3.23. The highest BCUT2D eigenvalue weighted by Gasteiger charge is 2.23. The maximum atomic E-state index is 15.1. The number of nitrogen functional groups attached to an aromatic ring is 1.